The number of carboxylic acid groups (broad SMARTS) is 1. The number of hydrogen-bond acceptors (Lipinski definition) is 3. The van der Waals surface area contributed by atoms with Gasteiger partial charge in [-0.3, -0.25) is 0 Å². The van der Waals surface area contributed by atoms with E-state index in [1.54, 1.807) is 0 Å². The summed E-state index contributed by atoms with van der Waals surface area (Å²) in [6.45, 7) is 1.91. The van der Waals surface area contributed by atoms with Gasteiger partial charge >= 0.3 is 12.0 Å². The normalized spacial score (nSPS) is 11.9. The van der Waals surface area contributed by atoms with Crippen LogP contribution >= 0.6 is 22.9 Å². The summed E-state index contributed by atoms with van der Waals surface area (Å²) in [7, 11) is 1.45. The number of aliphatic carboxylic acids is 1. The van der Waals surface area contributed by atoms with E-state index < -0.39 is 18.0 Å². The van der Waals surface area contributed by atoms with Crippen LogP contribution in [0.1, 0.15) is 11.8 Å². The third kappa shape index (κ3) is 4.19. The summed E-state index contributed by atoms with van der Waals surface area (Å²) in [5.41, 5.74) is 0. The fraction of sp³-hybridized carbons (Fsp3) is 0.455. The van der Waals surface area contributed by atoms with E-state index >= 15 is 0 Å². The van der Waals surface area contributed by atoms with E-state index in [0.717, 1.165) is 9.78 Å². The zero-order valence-corrected chi connectivity index (χ0v) is 11.7. The maximum Gasteiger partial charge on any atom is 0.326 e. The molecule has 0 fully saturated rings. The second kappa shape index (κ2) is 6.61. The maximum absolute atomic E-state index is 11.6. The van der Waals surface area contributed by atoms with Gasteiger partial charge in [0, 0.05) is 18.5 Å². The van der Waals surface area contributed by atoms with Crippen LogP contribution in [0.2, 0.25) is 4.34 Å². The lowest BCUT2D eigenvalue weighted by atomic mass is 10.3. The minimum Gasteiger partial charge on any atom is -0.480 e. The summed E-state index contributed by atoms with van der Waals surface area (Å²) >= 11 is 7.25. The fourth-order valence-corrected chi connectivity index (χ4v) is 2.33. The van der Waals surface area contributed by atoms with Crippen LogP contribution in [0.25, 0.3) is 0 Å². The summed E-state index contributed by atoms with van der Waals surface area (Å²) in [6, 6.07) is 2.47. The van der Waals surface area contributed by atoms with Gasteiger partial charge in [0.25, 0.3) is 0 Å². The molecule has 1 aromatic rings. The first-order valence-corrected chi connectivity index (χ1v) is 6.59. The second-order valence-electron chi connectivity index (χ2n) is 3.81. The molecule has 0 spiro atoms. The maximum atomic E-state index is 11.6. The highest BCUT2D eigenvalue weighted by atomic mass is 35.5. The van der Waals surface area contributed by atoms with Crippen molar-refractivity contribution in [2.75, 3.05) is 13.6 Å². The molecule has 0 radical (unpaired) electrons. The van der Waals surface area contributed by atoms with E-state index in [-0.39, 0.29) is 0 Å². The van der Waals surface area contributed by atoms with Gasteiger partial charge in [-0.25, -0.2) is 9.59 Å². The molecule has 0 saturated heterocycles. The Morgan fingerprint density at radius 1 is 1.56 bits per heavy atom. The van der Waals surface area contributed by atoms with Gasteiger partial charge in [0.15, 0.2) is 0 Å². The molecule has 0 aromatic carbocycles. The number of amides is 2. The van der Waals surface area contributed by atoms with Crippen LogP contribution in [-0.2, 0) is 11.2 Å². The van der Waals surface area contributed by atoms with E-state index in [9.17, 15) is 9.59 Å². The highest BCUT2D eigenvalue weighted by molar-refractivity contribution is 7.16. The Hall–Kier alpha value is -1.27. The first kappa shape index (κ1) is 14.8. The van der Waals surface area contributed by atoms with Crippen molar-refractivity contribution in [3.8, 4) is 0 Å². The summed E-state index contributed by atoms with van der Waals surface area (Å²) < 4.78 is 0.716. The Bertz CT molecular complexity index is 436. The van der Waals surface area contributed by atoms with Crippen molar-refractivity contribution in [3.63, 3.8) is 0 Å². The van der Waals surface area contributed by atoms with E-state index in [0.29, 0.717) is 17.3 Å². The molecule has 100 valence electrons. The monoisotopic (exact) mass is 290 g/mol. The van der Waals surface area contributed by atoms with Crippen molar-refractivity contribution in [2.24, 2.45) is 0 Å². The molecule has 0 aliphatic heterocycles. The first-order chi connectivity index (χ1) is 8.41. The topological polar surface area (TPSA) is 69.6 Å². The number of carboxylic acids is 1. The van der Waals surface area contributed by atoms with Crippen molar-refractivity contribution in [3.05, 3.63) is 21.3 Å². The van der Waals surface area contributed by atoms with Crippen LogP contribution in [0.3, 0.4) is 0 Å². The lowest BCUT2D eigenvalue weighted by molar-refractivity contribution is -0.141. The summed E-state index contributed by atoms with van der Waals surface area (Å²) in [5, 5.41) is 11.4. The van der Waals surface area contributed by atoms with Gasteiger partial charge in [0.05, 0.1) is 4.34 Å². The number of likely N-dealkylation sites (N-methyl/N-ethyl adjacent to an activating group) is 1. The molecule has 1 aromatic heterocycles. The molecule has 1 heterocycles. The van der Waals surface area contributed by atoms with Gasteiger partial charge in [-0.05, 0) is 25.5 Å². The number of carbonyl (C=O) groups excluding carboxylic acids is 1. The zero-order valence-electron chi connectivity index (χ0n) is 10.1. The van der Waals surface area contributed by atoms with Gasteiger partial charge in [-0.1, -0.05) is 11.6 Å². The number of urea groups is 1. The van der Waals surface area contributed by atoms with Gasteiger partial charge in [0.2, 0.25) is 0 Å². The Labute approximate surface area is 114 Å². The van der Waals surface area contributed by atoms with E-state index in [4.69, 9.17) is 16.7 Å². The van der Waals surface area contributed by atoms with E-state index in [2.05, 4.69) is 5.32 Å². The van der Waals surface area contributed by atoms with Crippen LogP contribution < -0.4 is 5.32 Å². The molecule has 1 atom stereocenters. The average molecular weight is 291 g/mol. The minimum absolute atomic E-state index is 0.396. The molecule has 1 rings (SSSR count). The molecule has 2 amide bonds. The number of hydrogen-bond donors (Lipinski definition) is 2. The van der Waals surface area contributed by atoms with Crippen LogP contribution in [0.15, 0.2) is 12.1 Å². The predicted molar refractivity (Wildman–Crippen MR) is 71.3 cm³/mol. The van der Waals surface area contributed by atoms with Gasteiger partial charge in [-0.2, -0.15) is 0 Å². The Morgan fingerprint density at radius 2 is 2.22 bits per heavy atom. The largest absolute Gasteiger partial charge is 0.480 e. The van der Waals surface area contributed by atoms with Gasteiger partial charge < -0.3 is 15.3 Å². The molecule has 0 aliphatic rings. The van der Waals surface area contributed by atoms with Gasteiger partial charge in [0.1, 0.15) is 6.04 Å². The number of nitrogens with zero attached hydrogens (tertiary/aromatic N) is 1. The molecule has 7 heteroatoms. The Balaban J connectivity index is 2.35. The van der Waals surface area contributed by atoms with Crippen LogP contribution in [0, 0.1) is 0 Å². The third-order valence-corrected chi connectivity index (χ3v) is 3.83. The molecule has 5 nitrogen and oxygen atoms in total. The van der Waals surface area contributed by atoms with Crippen LogP contribution in [0.5, 0.6) is 0 Å². The molecule has 0 aliphatic carbocycles. The quantitative estimate of drug-likeness (QED) is 0.872. The highest BCUT2D eigenvalue weighted by Gasteiger charge is 2.20. The second-order valence-corrected chi connectivity index (χ2v) is 5.61. The molecule has 2 N–H and O–H groups in total. The number of thiophene rings is 1. The first-order valence-electron chi connectivity index (χ1n) is 5.39. The molecule has 0 saturated carbocycles. The van der Waals surface area contributed by atoms with Crippen molar-refractivity contribution in [1.29, 1.82) is 0 Å². The summed E-state index contributed by atoms with van der Waals surface area (Å²) in [5.74, 6) is -1.03. The average Bonchev–Trinajstić information content (AvgIpc) is 2.72. The van der Waals surface area contributed by atoms with Crippen LogP contribution in [-0.4, -0.2) is 41.6 Å². The lowest BCUT2D eigenvalue weighted by Gasteiger charge is -2.21. The highest BCUT2D eigenvalue weighted by Crippen LogP contribution is 2.21. The standard InChI is InChI=1S/C11H15ClN2O3S/c1-7(10(15)16)14(2)11(17)13-6-5-8-3-4-9(12)18-8/h3-4,7H,5-6H2,1-2H3,(H,13,17)(H,15,16). The zero-order chi connectivity index (χ0) is 13.7. The van der Waals surface area contributed by atoms with Crippen molar-refractivity contribution in [1.82, 2.24) is 10.2 Å². The number of halogens is 1. The SMILES string of the molecule is CC(C(=O)O)N(C)C(=O)NCCc1ccc(Cl)s1. The van der Waals surface area contributed by atoms with Crippen LogP contribution in [0.4, 0.5) is 4.79 Å². The summed E-state index contributed by atoms with van der Waals surface area (Å²) in [4.78, 5) is 24.6. The number of nitrogens with one attached hydrogen (secondary N) is 1. The molecular formula is C11H15ClN2O3S. The Morgan fingerprint density at radius 3 is 2.72 bits per heavy atom. The predicted octanol–water partition coefficient (Wildman–Crippen LogP) is 2.06. The van der Waals surface area contributed by atoms with Crippen molar-refractivity contribution < 1.29 is 14.7 Å². The van der Waals surface area contributed by atoms with Crippen molar-refractivity contribution in [2.45, 2.75) is 19.4 Å². The molecule has 1 unspecified atom stereocenters. The van der Waals surface area contributed by atoms with E-state index in [1.165, 1.54) is 25.3 Å². The molecule has 18 heavy (non-hydrogen) atoms. The third-order valence-electron chi connectivity index (χ3n) is 2.54. The summed E-state index contributed by atoms with van der Waals surface area (Å²) in [6.07, 6.45) is 0.679. The number of rotatable bonds is 5. The fourth-order valence-electron chi connectivity index (χ4n) is 1.24. The smallest absolute Gasteiger partial charge is 0.326 e. The Kier molecular flexibility index (Phi) is 5.43. The van der Waals surface area contributed by atoms with Crippen molar-refractivity contribution >= 4 is 34.9 Å². The molecule has 0 bridgehead atoms. The van der Waals surface area contributed by atoms with E-state index in [1.807, 2.05) is 12.1 Å². The van der Waals surface area contributed by atoms with Gasteiger partial charge in [-0.15, -0.1) is 11.3 Å². The lowest BCUT2D eigenvalue weighted by Crippen LogP contribution is -2.46. The minimum atomic E-state index is -1.03. The number of carbonyl (C=O) groups is 2. The molecular weight excluding hydrogens is 276 g/mol.